The SMILES string of the molecule is Nc1nnc(N2CCN(C(=O)O)CC2)s1. The van der Waals surface area contributed by atoms with Crippen LogP contribution in [0, 0.1) is 0 Å². The first-order valence-electron chi connectivity index (χ1n) is 4.48. The van der Waals surface area contributed by atoms with E-state index >= 15 is 0 Å². The molecule has 7 nitrogen and oxygen atoms in total. The predicted molar refractivity (Wildman–Crippen MR) is 56.1 cm³/mol. The van der Waals surface area contributed by atoms with Gasteiger partial charge >= 0.3 is 6.09 Å². The van der Waals surface area contributed by atoms with Crippen molar-refractivity contribution in [3.63, 3.8) is 0 Å². The van der Waals surface area contributed by atoms with E-state index in [-0.39, 0.29) is 0 Å². The number of hydrogen-bond donors (Lipinski definition) is 2. The number of carbonyl (C=O) groups is 1. The predicted octanol–water partition coefficient (Wildman–Crippen LogP) is -0.0797. The number of nitrogen functional groups attached to an aromatic ring is 1. The number of rotatable bonds is 1. The fourth-order valence-electron chi connectivity index (χ4n) is 1.44. The number of amides is 1. The number of hydrogen-bond acceptors (Lipinski definition) is 6. The standard InChI is InChI=1S/C7H11N5O2S/c8-5-9-10-6(15-5)11-1-3-12(4-2-11)7(13)14/h1-4H2,(H2,8,9)(H,13,14). The van der Waals surface area contributed by atoms with Crippen molar-refractivity contribution in [2.75, 3.05) is 36.8 Å². The van der Waals surface area contributed by atoms with E-state index in [1.807, 2.05) is 4.90 Å². The molecule has 2 rings (SSSR count). The van der Waals surface area contributed by atoms with Gasteiger partial charge in [-0.1, -0.05) is 11.3 Å². The average molecular weight is 229 g/mol. The number of anilines is 2. The van der Waals surface area contributed by atoms with Gasteiger partial charge < -0.3 is 20.6 Å². The second-order valence-corrected chi connectivity index (χ2v) is 4.17. The maximum atomic E-state index is 10.7. The van der Waals surface area contributed by atoms with Gasteiger partial charge in [0.15, 0.2) is 0 Å². The van der Waals surface area contributed by atoms with Crippen LogP contribution in [0.1, 0.15) is 0 Å². The molecule has 2 heterocycles. The van der Waals surface area contributed by atoms with Crippen molar-refractivity contribution >= 4 is 27.7 Å². The van der Waals surface area contributed by atoms with Gasteiger partial charge in [0.2, 0.25) is 10.3 Å². The summed E-state index contributed by atoms with van der Waals surface area (Å²) in [6, 6.07) is 0. The first kappa shape index (κ1) is 9.97. The number of aromatic nitrogens is 2. The fraction of sp³-hybridized carbons (Fsp3) is 0.571. The largest absolute Gasteiger partial charge is 0.465 e. The monoisotopic (exact) mass is 229 g/mol. The lowest BCUT2D eigenvalue weighted by molar-refractivity contribution is 0.142. The first-order chi connectivity index (χ1) is 7.16. The molecule has 8 heteroatoms. The molecule has 0 spiro atoms. The Hall–Kier alpha value is -1.57. The van der Waals surface area contributed by atoms with Gasteiger partial charge in [0, 0.05) is 26.2 Å². The van der Waals surface area contributed by atoms with Crippen molar-refractivity contribution in [1.29, 1.82) is 0 Å². The van der Waals surface area contributed by atoms with E-state index < -0.39 is 6.09 Å². The Labute approximate surface area is 90.1 Å². The second kappa shape index (κ2) is 3.89. The minimum atomic E-state index is -0.869. The molecule has 0 bridgehead atoms. The van der Waals surface area contributed by atoms with E-state index in [0.29, 0.717) is 31.3 Å². The lowest BCUT2D eigenvalue weighted by Crippen LogP contribution is -2.48. The fourth-order valence-corrected chi connectivity index (χ4v) is 2.11. The van der Waals surface area contributed by atoms with E-state index in [2.05, 4.69) is 10.2 Å². The van der Waals surface area contributed by atoms with Gasteiger partial charge in [0.05, 0.1) is 0 Å². The van der Waals surface area contributed by atoms with Crippen LogP contribution >= 0.6 is 11.3 Å². The van der Waals surface area contributed by atoms with Crippen molar-refractivity contribution < 1.29 is 9.90 Å². The average Bonchev–Trinajstić information content (AvgIpc) is 2.65. The highest BCUT2D eigenvalue weighted by molar-refractivity contribution is 7.18. The lowest BCUT2D eigenvalue weighted by atomic mass is 10.3. The second-order valence-electron chi connectivity index (χ2n) is 3.18. The van der Waals surface area contributed by atoms with Crippen molar-refractivity contribution in [2.45, 2.75) is 0 Å². The van der Waals surface area contributed by atoms with Crippen molar-refractivity contribution in [3.05, 3.63) is 0 Å². The third-order valence-corrected chi connectivity index (χ3v) is 3.06. The smallest absolute Gasteiger partial charge is 0.407 e. The Morgan fingerprint density at radius 2 is 2.00 bits per heavy atom. The quantitative estimate of drug-likeness (QED) is 0.699. The molecule has 1 aromatic heterocycles. The Kier molecular flexibility index (Phi) is 2.58. The van der Waals surface area contributed by atoms with E-state index in [0.717, 1.165) is 5.13 Å². The molecule has 0 aliphatic carbocycles. The minimum Gasteiger partial charge on any atom is -0.465 e. The van der Waals surface area contributed by atoms with Crippen LogP contribution in [0.2, 0.25) is 0 Å². The number of nitrogens with zero attached hydrogens (tertiary/aromatic N) is 4. The molecule has 0 atom stereocenters. The molecular formula is C7H11N5O2S. The summed E-state index contributed by atoms with van der Waals surface area (Å²) in [5.41, 5.74) is 5.47. The van der Waals surface area contributed by atoms with Crippen LogP contribution < -0.4 is 10.6 Å². The van der Waals surface area contributed by atoms with Crippen LogP contribution in [0.5, 0.6) is 0 Å². The van der Waals surface area contributed by atoms with Gasteiger partial charge in [-0.2, -0.15) is 0 Å². The van der Waals surface area contributed by atoms with E-state index in [1.54, 1.807) is 0 Å². The van der Waals surface area contributed by atoms with Crippen LogP contribution in [0.4, 0.5) is 15.1 Å². The molecule has 0 radical (unpaired) electrons. The Morgan fingerprint density at radius 1 is 1.33 bits per heavy atom. The molecule has 1 aliphatic rings. The zero-order chi connectivity index (χ0) is 10.8. The number of carboxylic acid groups (broad SMARTS) is 1. The van der Waals surface area contributed by atoms with E-state index in [4.69, 9.17) is 10.8 Å². The molecule has 1 saturated heterocycles. The van der Waals surface area contributed by atoms with E-state index in [9.17, 15) is 4.79 Å². The summed E-state index contributed by atoms with van der Waals surface area (Å²) < 4.78 is 0. The van der Waals surface area contributed by atoms with E-state index in [1.165, 1.54) is 16.2 Å². The third kappa shape index (κ3) is 2.09. The van der Waals surface area contributed by atoms with Gasteiger partial charge in [-0.15, -0.1) is 10.2 Å². The van der Waals surface area contributed by atoms with Gasteiger partial charge in [0.1, 0.15) is 0 Å². The highest BCUT2D eigenvalue weighted by Gasteiger charge is 2.22. The maximum absolute atomic E-state index is 10.7. The highest BCUT2D eigenvalue weighted by Crippen LogP contribution is 2.22. The highest BCUT2D eigenvalue weighted by atomic mass is 32.1. The lowest BCUT2D eigenvalue weighted by Gasteiger charge is -2.32. The normalized spacial score (nSPS) is 16.8. The maximum Gasteiger partial charge on any atom is 0.407 e. The molecule has 0 unspecified atom stereocenters. The topological polar surface area (TPSA) is 95.6 Å². The van der Waals surface area contributed by atoms with Crippen LogP contribution in [-0.4, -0.2) is 52.5 Å². The third-order valence-electron chi connectivity index (χ3n) is 2.25. The Bertz CT molecular complexity index is 360. The molecule has 3 N–H and O–H groups in total. The first-order valence-corrected chi connectivity index (χ1v) is 5.30. The molecular weight excluding hydrogens is 218 g/mol. The zero-order valence-electron chi connectivity index (χ0n) is 7.96. The van der Waals surface area contributed by atoms with Gasteiger partial charge in [-0.3, -0.25) is 0 Å². The summed E-state index contributed by atoms with van der Waals surface area (Å²) in [5, 5.41) is 17.6. The molecule has 15 heavy (non-hydrogen) atoms. The zero-order valence-corrected chi connectivity index (χ0v) is 8.77. The molecule has 1 fully saturated rings. The molecule has 1 amide bonds. The van der Waals surface area contributed by atoms with Crippen LogP contribution in [0.15, 0.2) is 0 Å². The summed E-state index contributed by atoms with van der Waals surface area (Å²) in [5.74, 6) is 0. The van der Waals surface area contributed by atoms with Crippen LogP contribution in [-0.2, 0) is 0 Å². The number of piperazine rings is 1. The molecule has 0 saturated carbocycles. The van der Waals surface area contributed by atoms with Crippen LogP contribution in [0.25, 0.3) is 0 Å². The number of nitrogens with two attached hydrogens (primary N) is 1. The van der Waals surface area contributed by atoms with Crippen molar-refractivity contribution in [3.8, 4) is 0 Å². The van der Waals surface area contributed by atoms with Crippen molar-refractivity contribution in [1.82, 2.24) is 15.1 Å². The summed E-state index contributed by atoms with van der Waals surface area (Å²) in [7, 11) is 0. The van der Waals surface area contributed by atoms with Gasteiger partial charge in [0.25, 0.3) is 0 Å². The van der Waals surface area contributed by atoms with Gasteiger partial charge in [-0.25, -0.2) is 4.79 Å². The molecule has 1 aliphatic heterocycles. The summed E-state index contributed by atoms with van der Waals surface area (Å²) in [4.78, 5) is 14.0. The van der Waals surface area contributed by atoms with Gasteiger partial charge in [-0.05, 0) is 0 Å². The summed E-state index contributed by atoms with van der Waals surface area (Å²) in [6.45, 7) is 2.27. The van der Waals surface area contributed by atoms with Crippen LogP contribution in [0.3, 0.4) is 0 Å². The Morgan fingerprint density at radius 3 is 2.47 bits per heavy atom. The molecule has 82 valence electrons. The molecule has 1 aromatic rings. The van der Waals surface area contributed by atoms with Crippen molar-refractivity contribution in [2.24, 2.45) is 0 Å². The Balaban J connectivity index is 1.96. The summed E-state index contributed by atoms with van der Waals surface area (Å²) in [6.07, 6.45) is -0.869. The minimum absolute atomic E-state index is 0.436. The molecule has 0 aromatic carbocycles. The summed E-state index contributed by atoms with van der Waals surface area (Å²) >= 11 is 1.32.